The molecule has 2 saturated heterocycles. The maximum Gasteiger partial charge on any atom is 0.277 e. The number of nitrogens with zero attached hydrogens (tertiary/aromatic N) is 3. The zero-order valence-electron chi connectivity index (χ0n) is 15.7. The Morgan fingerprint density at radius 1 is 1.31 bits per heavy atom. The summed E-state index contributed by atoms with van der Waals surface area (Å²) in [5.41, 5.74) is 1.28. The molecular formula is C19H21N3O5S2. The summed E-state index contributed by atoms with van der Waals surface area (Å²) in [6.07, 6.45) is 2.42. The first kappa shape index (κ1) is 20.1. The molecular weight excluding hydrogens is 414 g/mol. The number of ketones is 1. The summed E-state index contributed by atoms with van der Waals surface area (Å²) in [5, 5.41) is 8.20. The Morgan fingerprint density at radius 3 is 2.90 bits per heavy atom. The SMILES string of the molecule is O=C(CSc1nnc(C[C@H]2CCS(=O)(=O)C2)o1)c1cccc(N2CCCC2=O)c1. The second-order valence-corrected chi connectivity index (χ2v) is 10.5. The number of rotatable bonds is 7. The van der Waals surface area contributed by atoms with E-state index in [1.807, 2.05) is 6.07 Å². The van der Waals surface area contributed by atoms with Gasteiger partial charge in [0.05, 0.1) is 17.3 Å². The van der Waals surface area contributed by atoms with Gasteiger partial charge in [-0.05, 0) is 30.9 Å². The Labute approximate surface area is 173 Å². The smallest absolute Gasteiger partial charge is 0.277 e. The fourth-order valence-electron chi connectivity index (χ4n) is 3.64. The summed E-state index contributed by atoms with van der Waals surface area (Å²) in [4.78, 5) is 26.2. The number of carbonyl (C=O) groups is 2. The molecule has 1 amide bonds. The van der Waals surface area contributed by atoms with Crippen LogP contribution in [-0.2, 0) is 21.1 Å². The lowest BCUT2D eigenvalue weighted by atomic mass is 10.1. The molecule has 1 aromatic heterocycles. The molecule has 8 nitrogen and oxygen atoms in total. The van der Waals surface area contributed by atoms with Crippen LogP contribution >= 0.6 is 11.8 Å². The molecule has 154 valence electrons. The third-order valence-electron chi connectivity index (χ3n) is 5.12. The van der Waals surface area contributed by atoms with Crippen LogP contribution in [0, 0.1) is 5.92 Å². The number of carbonyl (C=O) groups excluding carboxylic acids is 2. The molecule has 2 fully saturated rings. The third-order valence-corrected chi connectivity index (χ3v) is 7.77. The van der Waals surface area contributed by atoms with E-state index in [4.69, 9.17) is 4.42 Å². The molecule has 0 N–H and O–H groups in total. The zero-order chi connectivity index (χ0) is 20.4. The van der Waals surface area contributed by atoms with Gasteiger partial charge in [-0.1, -0.05) is 23.9 Å². The summed E-state index contributed by atoms with van der Waals surface area (Å²) < 4.78 is 28.6. The number of aromatic nitrogens is 2. The van der Waals surface area contributed by atoms with Crippen molar-refractivity contribution in [2.75, 3.05) is 28.7 Å². The number of anilines is 1. The summed E-state index contributed by atoms with van der Waals surface area (Å²) in [5.74, 6) is 0.905. The van der Waals surface area contributed by atoms with Crippen LogP contribution < -0.4 is 4.90 Å². The molecule has 4 rings (SSSR count). The van der Waals surface area contributed by atoms with Gasteiger partial charge >= 0.3 is 0 Å². The van der Waals surface area contributed by atoms with Gasteiger partial charge in [-0.25, -0.2) is 8.42 Å². The van der Waals surface area contributed by atoms with Gasteiger partial charge in [-0.3, -0.25) is 9.59 Å². The first-order valence-corrected chi connectivity index (χ1v) is 12.3. The summed E-state index contributed by atoms with van der Waals surface area (Å²) >= 11 is 1.15. The lowest BCUT2D eigenvalue weighted by Gasteiger charge is -2.16. The third kappa shape index (κ3) is 4.87. The molecule has 10 heteroatoms. The molecule has 3 heterocycles. The van der Waals surface area contributed by atoms with E-state index in [0.29, 0.717) is 42.5 Å². The second-order valence-electron chi connectivity index (χ2n) is 7.35. The number of amides is 1. The molecule has 2 aliphatic rings. The number of sulfone groups is 1. The van der Waals surface area contributed by atoms with Gasteiger partial charge in [-0.15, -0.1) is 10.2 Å². The van der Waals surface area contributed by atoms with Crippen molar-refractivity contribution >= 4 is 39.0 Å². The Balaban J connectivity index is 1.33. The second kappa shape index (κ2) is 8.27. The van der Waals surface area contributed by atoms with E-state index in [9.17, 15) is 18.0 Å². The normalized spacial score (nSPS) is 21.0. The summed E-state index contributed by atoms with van der Waals surface area (Å²) in [7, 11) is -2.94. The van der Waals surface area contributed by atoms with Crippen molar-refractivity contribution in [3.8, 4) is 0 Å². The van der Waals surface area contributed by atoms with Gasteiger partial charge in [0.15, 0.2) is 15.6 Å². The van der Waals surface area contributed by atoms with E-state index in [2.05, 4.69) is 10.2 Å². The standard InChI is InChI=1S/C19H21N3O5S2/c23-16(14-3-1-4-15(10-14)22-7-2-5-18(22)24)11-28-19-21-20-17(27-19)9-13-6-8-29(25,26)12-13/h1,3-4,10,13H,2,5-9,11-12H2/t13-/m1/s1. The number of benzene rings is 1. The van der Waals surface area contributed by atoms with Crippen LogP contribution in [0.4, 0.5) is 5.69 Å². The zero-order valence-corrected chi connectivity index (χ0v) is 17.4. The molecule has 2 aromatic rings. The highest BCUT2D eigenvalue weighted by Crippen LogP contribution is 2.26. The van der Waals surface area contributed by atoms with Gasteiger partial charge in [0, 0.05) is 30.6 Å². The minimum atomic E-state index is -2.94. The minimum absolute atomic E-state index is 0.0102. The maximum atomic E-state index is 12.5. The van der Waals surface area contributed by atoms with E-state index >= 15 is 0 Å². The first-order valence-electron chi connectivity index (χ1n) is 9.49. The van der Waals surface area contributed by atoms with E-state index in [1.54, 1.807) is 23.1 Å². The molecule has 0 spiro atoms. The van der Waals surface area contributed by atoms with Crippen LogP contribution in [0.25, 0.3) is 0 Å². The fraction of sp³-hybridized carbons (Fsp3) is 0.474. The number of hydrogen-bond donors (Lipinski definition) is 0. The van der Waals surface area contributed by atoms with Crippen molar-refractivity contribution in [2.24, 2.45) is 5.92 Å². The predicted octanol–water partition coefficient (Wildman–Crippen LogP) is 2.15. The van der Waals surface area contributed by atoms with Gasteiger partial charge < -0.3 is 9.32 Å². The maximum absolute atomic E-state index is 12.5. The van der Waals surface area contributed by atoms with Gasteiger partial charge in [0.25, 0.3) is 5.22 Å². The van der Waals surface area contributed by atoms with Crippen LogP contribution in [0.1, 0.15) is 35.5 Å². The Bertz CT molecular complexity index is 1030. The highest BCUT2D eigenvalue weighted by atomic mass is 32.2. The van der Waals surface area contributed by atoms with Crippen molar-refractivity contribution in [3.63, 3.8) is 0 Å². The van der Waals surface area contributed by atoms with Crippen LogP contribution in [0.15, 0.2) is 33.9 Å². The number of hydrogen-bond acceptors (Lipinski definition) is 8. The van der Waals surface area contributed by atoms with Gasteiger partial charge in [0.1, 0.15) is 0 Å². The topological polar surface area (TPSA) is 110 Å². The Kier molecular flexibility index (Phi) is 5.73. The van der Waals surface area contributed by atoms with Crippen molar-refractivity contribution < 1.29 is 22.4 Å². The van der Waals surface area contributed by atoms with Crippen molar-refractivity contribution in [1.82, 2.24) is 10.2 Å². The molecule has 29 heavy (non-hydrogen) atoms. The van der Waals surface area contributed by atoms with Gasteiger partial charge in [-0.2, -0.15) is 0 Å². The quantitative estimate of drug-likeness (QED) is 0.481. The van der Waals surface area contributed by atoms with Crippen LogP contribution in [0.2, 0.25) is 0 Å². The highest BCUT2D eigenvalue weighted by Gasteiger charge is 2.29. The van der Waals surface area contributed by atoms with Crippen molar-refractivity contribution in [2.45, 2.75) is 30.9 Å². The number of thioether (sulfide) groups is 1. The summed E-state index contributed by atoms with van der Waals surface area (Å²) in [6.45, 7) is 0.679. The minimum Gasteiger partial charge on any atom is -0.416 e. The van der Waals surface area contributed by atoms with Crippen LogP contribution in [0.3, 0.4) is 0 Å². The van der Waals surface area contributed by atoms with Crippen LogP contribution in [0.5, 0.6) is 0 Å². The van der Waals surface area contributed by atoms with Crippen molar-refractivity contribution in [1.29, 1.82) is 0 Å². The Hall–Kier alpha value is -2.20. The monoisotopic (exact) mass is 435 g/mol. The predicted molar refractivity (Wildman–Crippen MR) is 108 cm³/mol. The van der Waals surface area contributed by atoms with Crippen LogP contribution in [-0.4, -0.2) is 54.1 Å². The van der Waals surface area contributed by atoms with E-state index in [-0.39, 0.29) is 34.9 Å². The van der Waals surface area contributed by atoms with E-state index in [0.717, 1.165) is 23.9 Å². The molecule has 0 radical (unpaired) electrons. The molecule has 1 atom stereocenters. The highest BCUT2D eigenvalue weighted by molar-refractivity contribution is 7.99. The van der Waals surface area contributed by atoms with E-state index in [1.165, 1.54) is 0 Å². The fourth-order valence-corrected chi connectivity index (χ4v) is 6.17. The average molecular weight is 436 g/mol. The molecule has 0 aliphatic carbocycles. The van der Waals surface area contributed by atoms with Crippen molar-refractivity contribution in [3.05, 3.63) is 35.7 Å². The molecule has 0 bridgehead atoms. The summed E-state index contributed by atoms with van der Waals surface area (Å²) in [6, 6.07) is 7.08. The average Bonchev–Trinajstić information content (AvgIpc) is 3.40. The van der Waals surface area contributed by atoms with Gasteiger partial charge in [0.2, 0.25) is 11.8 Å². The molecule has 1 aromatic carbocycles. The molecule has 0 saturated carbocycles. The van der Waals surface area contributed by atoms with E-state index < -0.39 is 9.84 Å². The Morgan fingerprint density at radius 2 is 2.17 bits per heavy atom. The first-order chi connectivity index (χ1) is 13.9. The largest absolute Gasteiger partial charge is 0.416 e. The number of Topliss-reactive ketones (excluding diaryl/α,β-unsaturated/α-hetero) is 1. The molecule has 2 aliphatic heterocycles. The lowest BCUT2D eigenvalue weighted by molar-refractivity contribution is -0.117. The molecule has 0 unspecified atom stereocenters. The lowest BCUT2D eigenvalue weighted by Crippen LogP contribution is -2.23.